The van der Waals surface area contributed by atoms with Crippen molar-refractivity contribution in [2.75, 3.05) is 0 Å². The second-order valence-corrected chi connectivity index (χ2v) is 2.30. The van der Waals surface area contributed by atoms with Gasteiger partial charge in [-0.1, -0.05) is 6.07 Å². The summed E-state index contributed by atoms with van der Waals surface area (Å²) in [5, 5.41) is 16.5. The van der Waals surface area contributed by atoms with Crippen molar-refractivity contribution in [3.8, 4) is 5.75 Å². The van der Waals surface area contributed by atoms with E-state index in [4.69, 9.17) is 5.11 Å². The number of rotatable bonds is 0. The Hall–Kier alpha value is -1.38. The van der Waals surface area contributed by atoms with E-state index in [2.05, 4.69) is 10.2 Å². The Labute approximate surface area is 58.0 Å². The van der Waals surface area contributed by atoms with Crippen molar-refractivity contribution in [2.45, 2.75) is 6.92 Å². The molecule has 2 rings (SSSR count). The molecule has 1 aromatic rings. The van der Waals surface area contributed by atoms with E-state index in [0.29, 0.717) is 5.69 Å². The Kier molecular flexibility index (Phi) is 0.845. The fourth-order valence-electron chi connectivity index (χ4n) is 0.950. The van der Waals surface area contributed by atoms with Gasteiger partial charge in [-0.15, -0.1) is 10.2 Å². The average Bonchev–Trinajstić information content (AvgIpc) is 1.78. The quantitative estimate of drug-likeness (QED) is 0.590. The summed E-state index contributed by atoms with van der Waals surface area (Å²) in [6.07, 6.45) is 0. The third kappa shape index (κ3) is 0.492. The normalized spacial score (nSPS) is 12.5. The molecule has 0 fully saturated rings. The molecule has 1 N–H and O–H groups in total. The molecular weight excluding hydrogens is 128 g/mol. The zero-order chi connectivity index (χ0) is 7.14. The monoisotopic (exact) mass is 134 g/mol. The molecule has 1 heterocycles. The molecule has 3 nitrogen and oxygen atoms in total. The summed E-state index contributed by atoms with van der Waals surface area (Å²) in [5.74, 6) is 0.218. The first kappa shape index (κ1) is 5.41. The lowest BCUT2D eigenvalue weighted by atomic mass is 10.1. The smallest absolute Gasteiger partial charge is 0.155 e. The van der Waals surface area contributed by atoms with Gasteiger partial charge in [-0.05, 0) is 18.6 Å². The first-order valence-corrected chi connectivity index (χ1v) is 3.03. The highest BCUT2D eigenvalue weighted by Gasteiger charge is 2.15. The Bertz CT molecular complexity index is 287. The van der Waals surface area contributed by atoms with Gasteiger partial charge in [0.2, 0.25) is 0 Å². The van der Waals surface area contributed by atoms with Crippen LogP contribution < -0.4 is 0 Å². The van der Waals surface area contributed by atoms with Crippen molar-refractivity contribution in [1.82, 2.24) is 0 Å². The minimum Gasteiger partial charge on any atom is -0.506 e. The Balaban J connectivity index is 2.72. The maximum Gasteiger partial charge on any atom is 0.155 e. The van der Waals surface area contributed by atoms with Gasteiger partial charge in [0.05, 0.1) is 0 Å². The van der Waals surface area contributed by atoms with Crippen molar-refractivity contribution in [1.29, 1.82) is 0 Å². The van der Waals surface area contributed by atoms with E-state index in [1.54, 1.807) is 6.07 Å². The summed E-state index contributed by atoms with van der Waals surface area (Å²) >= 11 is 0. The topological polar surface area (TPSA) is 45.0 Å². The van der Waals surface area contributed by atoms with Gasteiger partial charge in [0.15, 0.2) is 5.69 Å². The van der Waals surface area contributed by atoms with Gasteiger partial charge < -0.3 is 5.11 Å². The molecule has 0 radical (unpaired) electrons. The maximum atomic E-state index is 9.12. The third-order valence-electron chi connectivity index (χ3n) is 1.58. The van der Waals surface area contributed by atoms with Crippen molar-refractivity contribution < 1.29 is 5.11 Å². The van der Waals surface area contributed by atoms with Crippen LogP contribution in [0.1, 0.15) is 5.56 Å². The molecule has 0 saturated heterocycles. The molecule has 0 saturated carbocycles. The zero-order valence-electron chi connectivity index (χ0n) is 5.50. The number of fused-ring (bicyclic) bond motifs is 1. The van der Waals surface area contributed by atoms with E-state index in [-0.39, 0.29) is 5.75 Å². The SMILES string of the molecule is Cc1ccc(O)c2c1N=N2. The van der Waals surface area contributed by atoms with Crippen molar-refractivity contribution in [3.05, 3.63) is 17.7 Å². The van der Waals surface area contributed by atoms with E-state index in [1.165, 1.54) is 0 Å². The maximum absolute atomic E-state index is 9.12. The fourth-order valence-corrected chi connectivity index (χ4v) is 0.950. The van der Waals surface area contributed by atoms with Crippen LogP contribution in [0.15, 0.2) is 22.4 Å². The molecule has 0 aliphatic carbocycles. The lowest BCUT2D eigenvalue weighted by Crippen LogP contribution is -1.81. The van der Waals surface area contributed by atoms with E-state index in [0.717, 1.165) is 11.3 Å². The lowest BCUT2D eigenvalue weighted by molar-refractivity contribution is 0.475. The van der Waals surface area contributed by atoms with E-state index >= 15 is 0 Å². The van der Waals surface area contributed by atoms with Gasteiger partial charge in [-0.2, -0.15) is 0 Å². The average molecular weight is 134 g/mol. The molecule has 50 valence electrons. The summed E-state index contributed by atoms with van der Waals surface area (Å²) in [7, 11) is 0. The van der Waals surface area contributed by atoms with Crippen LogP contribution >= 0.6 is 0 Å². The predicted molar refractivity (Wildman–Crippen MR) is 37.0 cm³/mol. The fraction of sp³-hybridized carbons (Fsp3) is 0.143. The number of aryl methyl sites for hydroxylation is 1. The number of azo groups is 1. The first-order chi connectivity index (χ1) is 4.79. The predicted octanol–water partition coefficient (Wildman–Crippen LogP) is 2.43. The summed E-state index contributed by atoms with van der Waals surface area (Å²) in [4.78, 5) is 0. The summed E-state index contributed by atoms with van der Waals surface area (Å²) in [6, 6.07) is 3.46. The molecule has 0 amide bonds. The second-order valence-electron chi connectivity index (χ2n) is 2.30. The first-order valence-electron chi connectivity index (χ1n) is 3.03. The van der Waals surface area contributed by atoms with Crippen LogP contribution in [-0.2, 0) is 0 Å². The van der Waals surface area contributed by atoms with Crippen molar-refractivity contribution in [3.63, 3.8) is 0 Å². The number of benzene rings is 1. The molecule has 0 unspecified atom stereocenters. The summed E-state index contributed by atoms with van der Waals surface area (Å²) < 4.78 is 0. The van der Waals surface area contributed by atoms with Crippen LogP contribution in [0.5, 0.6) is 5.75 Å². The number of nitrogens with zero attached hydrogens (tertiary/aromatic N) is 2. The van der Waals surface area contributed by atoms with E-state index < -0.39 is 0 Å². The summed E-state index contributed by atoms with van der Waals surface area (Å²) in [5.41, 5.74) is 2.50. The molecular formula is C7H6N2O. The molecule has 10 heavy (non-hydrogen) atoms. The van der Waals surface area contributed by atoms with Gasteiger partial charge in [-0.25, -0.2) is 0 Å². The molecule has 0 aromatic heterocycles. The largest absolute Gasteiger partial charge is 0.506 e. The van der Waals surface area contributed by atoms with Crippen LogP contribution in [0.25, 0.3) is 0 Å². The van der Waals surface area contributed by atoms with Gasteiger partial charge >= 0.3 is 0 Å². The highest BCUT2D eigenvalue weighted by atomic mass is 16.3. The molecule has 0 spiro atoms. The molecule has 1 aliphatic heterocycles. The number of phenolic OH excluding ortho intramolecular Hbond substituents is 1. The molecule has 0 bridgehead atoms. The molecule has 1 aliphatic rings. The number of phenols is 1. The van der Waals surface area contributed by atoms with Crippen LogP contribution in [0, 0.1) is 6.92 Å². The second kappa shape index (κ2) is 1.56. The van der Waals surface area contributed by atoms with Crippen LogP contribution in [0.4, 0.5) is 11.4 Å². The number of hydrogen-bond acceptors (Lipinski definition) is 3. The Morgan fingerprint density at radius 3 is 2.40 bits per heavy atom. The summed E-state index contributed by atoms with van der Waals surface area (Å²) in [6.45, 7) is 1.94. The zero-order valence-corrected chi connectivity index (χ0v) is 5.50. The van der Waals surface area contributed by atoms with Crippen molar-refractivity contribution in [2.24, 2.45) is 10.2 Å². The minimum atomic E-state index is 0.218. The van der Waals surface area contributed by atoms with Crippen LogP contribution in [0.3, 0.4) is 0 Å². The van der Waals surface area contributed by atoms with E-state index in [9.17, 15) is 0 Å². The van der Waals surface area contributed by atoms with Crippen LogP contribution in [0.2, 0.25) is 0 Å². The third-order valence-corrected chi connectivity index (χ3v) is 1.58. The molecule has 1 aromatic carbocycles. The van der Waals surface area contributed by atoms with Gasteiger partial charge in [0.25, 0.3) is 0 Å². The van der Waals surface area contributed by atoms with Crippen molar-refractivity contribution >= 4 is 11.4 Å². The number of aromatic hydroxyl groups is 1. The molecule has 0 atom stereocenters. The number of hydrogen-bond donors (Lipinski definition) is 1. The van der Waals surface area contributed by atoms with Gasteiger partial charge in [0.1, 0.15) is 11.4 Å². The molecule has 3 heteroatoms. The lowest BCUT2D eigenvalue weighted by Gasteiger charge is -2.10. The minimum absolute atomic E-state index is 0.218. The highest BCUT2D eigenvalue weighted by Crippen LogP contribution is 2.46. The van der Waals surface area contributed by atoms with Gasteiger partial charge in [0, 0.05) is 0 Å². The van der Waals surface area contributed by atoms with E-state index in [1.807, 2.05) is 13.0 Å². The van der Waals surface area contributed by atoms with Crippen LogP contribution in [-0.4, -0.2) is 5.11 Å². The Morgan fingerprint density at radius 2 is 1.90 bits per heavy atom. The highest BCUT2D eigenvalue weighted by molar-refractivity contribution is 5.75. The standard InChI is InChI=1S/C7H6N2O/c1-4-2-3-5(10)7-6(4)8-9-7/h2-3,10H,1H3. The Morgan fingerprint density at radius 1 is 1.20 bits per heavy atom. The van der Waals surface area contributed by atoms with Gasteiger partial charge in [-0.3, -0.25) is 0 Å².